The summed E-state index contributed by atoms with van der Waals surface area (Å²) in [6, 6.07) is 25.3. The van der Waals surface area contributed by atoms with E-state index in [1.807, 2.05) is 54.6 Å². The summed E-state index contributed by atoms with van der Waals surface area (Å²) in [4.78, 5) is 23.0. The van der Waals surface area contributed by atoms with Gasteiger partial charge in [0, 0.05) is 11.1 Å². The summed E-state index contributed by atoms with van der Waals surface area (Å²) in [7, 11) is 0. The van der Waals surface area contributed by atoms with Gasteiger partial charge in [0.15, 0.2) is 0 Å². The molecule has 30 heavy (non-hydrogen) atoms. The van der Waals surface area contributed by atoms with Gasteiger partial charge in [0.2, 0.25) is 0 Å². The maximum Gasteiger partial charge on any atom is 0.336 e. The van der Waals surface area contributed by atoms with Crippen molar-refractivity contribution in [2.24, 2.45) is 0 Å². The molecule has 0 aliphatic carbocycles. The Morgan fingerprint density at radius 2 is 1.43 bits per heavy atom. The molecule has 4 aromatic carbocycles. The largest absolute Gasteiger partial charge is 0.478 e. The third-order valence-corrected chi connectivity index (χ3v) is 4.80. The summed E-state index contributed by atoms with van der Waals surface area (Å²) in [5.74, 6) is 3.95. The first-order chi connectivity index (χ1) is 14.5. The lowest BCUT2D eigenvalue weighted by Crippen LogP contribution is -2.02. The van der Waals surface area contributed by atoms with Gasteiger partial charge in [-0.05, 0) is 52.2 Å². The van der Waals surface area contributed by atoms with Gasteiger partial charge in [-0.15, -0.1) is 0 Å². The summed E-state index contributed by atoms with van der Waals surface area (Å²) in [5.41, 5.74) is 3.43. The minimum absolute atomic E-state index is 0.0808. The summed E-state index contributed by atoms with van der Waals surface area (Å²) in [5, 5.41) is 20.0. The highest BCUT2D eigenvalue weighted by molar-refractivity contribution is 6.02. The van der Waals surface area contributed by atoms with Crippen LogP contribution in [0.1, 0.15) is 31.8 Å². The zero-order valence-corrected chi connectivity index (χ0v) is 15.8. The van der Waals surface area contributed by atoms with Crippen molar-refractivity contribution in [1.82, 2.24) is 0 Å². The van der Waals surface area contributed by atoms with Crippen LogP contribution in [0.2, 0.25) is 0 Å². The van der Waals surface area contributed by atoms with Crippen LogP contribution in [0.3, 0.4) is 0 Å². The second kappa shape index (κ2) is 7.94. The average Bonchev–Trinajstić information content (AvgIpc) is 2.77. The second-order valence-corrected chi connectivity index (χ2v) is 6.73. The molecule has 0 aromatic heterocycles. The van der Waals surface area contributed by atoms with E-state index in [1.165, 1.54) is 18.2 Å². The maximum absolute atomic E-state index is 11.7. The fourth-order valence-corrected chi connectivity index (χ4v) is 3.32. The lowest BCUT2D eigenvalue weighted by Gasteiger charge is -2.06. The van der Waals surface area contributed by atoms with Crippen LogP contribution in [0.4, 0.5) is 0 Å². The molecule has 144 valence electrons. The maximum atomic E-state index is 11.7. The van der Waals surface area contributed by atoms with Crippen molar-refractivity contribution in [2.45, 2.75) is 0 Å². The molecule has 0 amide bonds. The van der Waals surface area contributed by atoms with Crippen molar-refractivity contribution in [3.05, 3.63) is 107 Å². The van der Waals surface area contributed by atoms with E-state index in [0.29, 0.717) is 16.3 Å². The van der Waals surface area contributed by atoms with Crippen molar-refractivity contribution in [2.75, 3.05) is 0 Å². The number of benzene rings is 4. The molecule has 4 nitrogen and oxygen atoms in total. The molecule has 0 saturated heterocycles. The lowest BCUT2D eigenvalue weighted by atomic mass is 9.97. The van der Waals surface area contributed by atoms with Gasteiger partial charge < -0.3 is 10.2 Å². The molecular weight excluding hydrogens is 376 g/mol. The van der Waals surface area contributed by atoms with Crippen LogP contribution >= 0.6 is 0 Å². The highest BCUT2D eigenvalue weighted by atomic mass is 16.4. The number of carboxylic acids is 2. The molecule has 0 spiro atoms. The Balaban J connectivity index is 1.83. The first-order valence-electron chi connectivity index (χ1n) is 9.24. The Hall–Kier alpha value is -4.36. The van der Waals surface area contributed by atoms with Crippen molar-refractivity contribution in [3.8, 4) is 23.0 Å². The third kappa shape index (κ3) is 3.78. The predicted molar refractivity (Wildman–Crippen MR) is 116 cm³/mol. The number of aromatic carboxylic acids is 2. The molecule has 0 heterocycles. The number of rotatable bonds is 3. The van der Waals surface area contributed by atoms with Crippen LogP contribution in [0, 0.1) is 11.8 Å². The van der Waals surface area contributed by atoms with Crippen LogP contribution in [0.15, 0.2) is 84.9 Å². The van der Waals surface area contributed by atoms with Crippen LogP contribution in [-0.4, -0.2) is 22.2 Å². The van der Waals surface area contributed by atoms with Gasteiger partial charge in [-0.2, -0.15) is 0 Å². The smallest absolute Gasteiger partial charge is 0.336 e. The van der Waals surface area contributed by atoms with E-state index < -0.39 is 11.9 Å². The van der Waals surface area contributed by atoms with Crippen LogP contribution in [-0.2, 0) is 0 Å². The Morgan fingerprint density at radius 1 is 0.667 bits per heavy atom. The molecule has 0 saturated carbocycles. The zero-order valence-electron chi connectivity index (χ0n) is 15.8. The topological polar surface area (TPSA) is 74.6 Å². The zero-order chi connectivity index (χ0) is 21.1. The molecular formula is C26H16O4. The molecule has 0 radical (unpaired) electrons. The van der Waals surface area contributed by atoms with Gasteiger partial charge in [0.1, 0.15) is 0 Å². The van der Waals surface area contributed by atoms with Gasteiger partial charge in [0.25, 0.3) is 0 Å². The molecule has 4 rings (SSSR count). The summed E-state index contributed by atoms with van der Waals surface area (Å²) < 4.78 is 0. The molecule has 0 fully saturated rings. The van der Waals surface area contributed by atoms with Gasteiger partial charge in [-0.3, -0.25) is 0 Å². The average molecular weight is 392 g/mol. The fraction of sp³-hybridized carbons (Fsp3) is 0. The second-order valence-electron chi connectivity index (χ2n) is 6.73. The predicted octanol–water partition coefficient (Wildman–Crippen LogP) is 5.30. The molecule has 0 unspecified atom stereocenters. The summed E-state index contributed by atoms with van der Waals surface area (Å²) in [6.45, 7) is 0. The third-order valence-electron chi connectivity index (χ3n) is 4.80. The monoisotopic (exact) mass is 392 g/mol. The van der Waals surface area contributed by atoms with E-state index in [2.05, 4.69) is 11.8 Å². The summed E-state index contributed by atoms with van der Waals surface area (Å²) >= 11 is 0. The number of carboxylic acid groups (broad SMARTS) is 2. The van der Waals surface area contributed by atoms with Crippen molar-refractivity contribution >= 4 is 22.7 Å². The van der Waals surface area contributed by atoms with E-state index in [1.54, 1.807) is 12.1 Å². The quantitative estimate of drug-likeness (QED) is 0.464. The van der Waals surface area contributed by atoms with E-state index in [-0.39, 0.29) is 11.1 Å². The van der Waals surface area contributed by atoms with Gasteiger partial charge in [-0.25, -0.2) is 9.59 Å². The molecule has 0 aliphatic rings. The molecule has 2 N–H and O–H groups in total. The highest BCUT2D eigenvalue weighted by Gasteiger charge is 2.13. The van der Waals surface area contributed by atoms with E-state index in [4.69, 9.17) is 0 Å². The first-order valence-corrected chi connectivity index (χ1v) is 9.24. The normalized spacial score (nSPS) is 10.3. The van der Waals surface area contributed by atoms with E-state index in [0.717, 1.165) is 16.7 Å². The minimum Gasteiger partial charge on any atom is -0.478 e. The van der Waals surface area contributed by atoms with Gasteiger partial charge in [-0.1, -0.05) is 66.4 Å². The van der Waals surface area contributed by atoms with Gasteiger partial charge >= 0.3 is 11.9 Å². The van der Waals surface area contributed by atoms with E-state index in [9.17, 15) is 19.8 Å². The molecule has 4 heteroatoms. The van der Waals surface area contributed by atoms with Crippen molar-refractivity contribution < 1.29 is 19.8 Å². The number of hydrogen-bond acceptors (Lipinski definition) is 2. The Bertz CT molecular complexity index is 1340. The van der Waals surface area contributed by atoms with Crippen LogP contribution in [0.25, 0.3) is 21.9 Å². The standard InChI is InChI=1S/C26H16O4/c27-25(28)21-11-13-22-20(16-21)10-14-24(26(29)30)23(22)12-9-17-5-4-8-19(15-17)18-6-2-1-3-7-18/h1-8,10-11,13-16H,(H,27,28)(H,29,30). The Labute approximate surface area is 173 Å². The number of fused-ring (bicyclic) bond motifs is 1. The minimum atomic E-state index is -1.08. The Morgan fingerprint density at radius 3 is 2.17 bits per heavy atom. The van der Waals surface area contributed by atoms with Crippen molar-refractivity contribution in [3.63, 3.8) is 0 Å². The molecule has 0 bridgehead atoms. The highest BCUT2D eigenvalue weighted by Crippen LogP contribution is 2.24. The fourth-order valence-electron chi connectivity index (χ4n) is 3.32. The van der Waals surface area contributed by atoms with Crippen LogP contribution < -0.4 is 0 Å². The molecule has 0 aliphatic heterocycles. The summed E-state index contributed by atoms with van der Waals surface area (Å²) in [6.07, 6.45) is 0. The van der Waals surface area contributed by atoms with Crippen molar-refractivity contribution in [1.29, 1.82) is 0 Å². The Kier molecular flexibility index (Phi) is 5.02. The lowest BCUT2D eigenvalue weighted by molar-refractivity contribution is 0.0685. The number of hydrogen-bond donors (Lipinski definition) is 2. The van der Waals surface area contributed by atoms with Crippen LogP contribution in [0.5, 0.6) is 0 Å². The SMILES string of the molecule is O=C(O)c1ccc2c(C#Cc3cccc(-c4ccccc4)c3)c(C(=O)O)ccc2c1. The van der Waals surface area contributed by atoms with Gasteiger partial charge in [0.05, 0.1) is 11.1 Å². The first kappa shape index (κ1) is 19.0. The molecule has 4 aromatic rings. The van der Waals surface area contributed by atoms with E-state index >= 15 is 0 Å². The number of carbonyl (C=O) groups is 2. The molecule has 0 atom stereocenters.